The predicted molar refractivity (Wildman–Crippen MR) is 109 cm³/mol. The maximum Gasteiger partial charge on any atom is 0.341 e. The first-order chi connectivity index (χ1) is 13.3. The van der Waals surface area contributed by atoms with Gasteiger partial charge in [-0.25, -0.2) is 9.78 Å². The second-order valence-electron chi connectivity index (χ2n) is 5.84. The number of halogens is 2. The fourth-order valence-corrected chi connectivity index (χ4v) is 3.36. The van der Waals surface area contributed by atoms with Gasteiger partial charge in [0.1, 0.15) is 16.6 Å². The van der Waals surface area contributed by atoms with Crippen molar-refractivity contribution in [2.45, 2.75) is 6.92 Å². The molecule has 3 aromatic rings. The van der Waals surface area contributed by atoms with Crippen LogP contribution >= 0.6 is 23.2 Å². The van der Waals surface area contributed by atoms with Crippen LogP contribution in [0.2, 0.25) is 5.15 Å². The van der Waals surface area contributed by atoms with Crippen molar-refractivity contribution in [3.05, 3.63) is 64.3 Å². The number of nitrogens with one attached hydrogen (secondary N) is 1. The van der Waals surface area contributed by atoms with Crippen molar-refractivity contribution >= 4 is 51.2 Å². The van der Waals surface area contributed by atoms with E-state index in [4.69, 9.17) is 39.1 Å². The van der Waals surface area contributed by atoms with Crippen LogP contribution < -0.4 is 5.73 Å². The van der Waals surface area contributed by atoms with Crippen molar-refractivity contribution in [3.63, 3.8) is 0 Å². The van der Waals surface area contributed by atoms with Crippen LogP contribution in [0.25, 0.3) is 22.0 Å². The van der Waals surface area contributed by atoms with Crippen LogP contribution in [-0.4, -0.2) is 28.6 Å². The summed E-state index contributed by atoms with van der Waals surface area (Å²) in [6, 6.07) is 11.5. The molecule has 0 bridgehead atoms. The molecule has 142 valence electrons. The SMILES string of the molecule is CCOC(=O)c1c(Cl)nc2cccc(C(=O)Cl)c2c1-c1ccc(C(=N)N)cc1. The average molecular weight is 416 g/mol. The van der Waals surface area contributed by atoms with Crippen molar-refractivity contribution < 1.29 is 14.3 Å². The number of nitrogens with two attached hydrogens (primary N) is 1. The number of aromatic nitrogens is 1. The molecular weight excluding hydrogens is 401 g/mol. The molecule has 2 aromatic carbocycles. The van der Waals surface area contributed by atoms with Crippen molar-refractivity contribution in [2.75, 3.05) is 6.61 Å². The first kappa shape index (κ1) is 19.8. The predicted octanol–water partition coefficient (Wildman–Crippen LogP) is 4.39. The summed E-state index contributed by atoms with van der Waals surface area (Å²) in [5, 5.41) is 7.20. The Bertz CT molecular complexity index is 1110. The van der Waals surface area contributed by atoms with Crippen LogP contribution in [-0.2, 0) is 4.74 Å². The van der Waals surface area contributed by atoms with Crippen molar-refractivity contribution in [1.82, 2.24) is 4.98 Å². The number of benzene rings is 2. The minimum Gasteiger partial charge on any atom is -0.462 e. The van der Waals surface area contributed by atoms with Gasteiger partial charge in [0.25, 0.3) is 5.24 Å². The van der Waals surface area contributed by atoms with Crippen LogP contribution in [0.3, 0.4) is 0 Å². The molecule has 0 fully saturated rings. The van der Waals surface area contributed by atoms with Gasteiger partial charge in [-0.1, -0.05) is 41.9 Å². The molecular formula is C20H15Cl2N3O3. The smallest absolute Gasteiger partial charge is 0.341 e. The van der Waals surface area contributed by atoms with E-state index in [0.29, 0.717) is 27.6 Å². The average Bonchev–Trinajstić information content (AvgIpc) is 2.66. The maximum atomic E-state index is 12.6. The number of ether oxygens (including phenoxy) is 1. The number of nitrogens with zero attached hydrogens (tertiary/aromatic N) is 1. The number of carbonyl (C=O) groups excluding carboxylic acids is 2. The molecule has 1 heterocycles. The van der Waals surface area contributed by atoms with Gasteiger partial charge in [-0.05, 0) is 36.2 Å². The van der Waals surface area contributed by atoms with E-state index in [-0.39, 0.29) is 28.7 Å². The molecule has 28 heavy (non-hydrogen) atoms. The van der Waals surface area contributed by atoms with E-state index >= 15 is 0 Å². The molecule has 8 heteroatoms. The lowest BCUT2D eigenvalue weighted by atomic mass is 9.93. The topological polar surface area (TPSA) is 106 Å². The molecule has 0 aliphatic carbocycles. The first-order valence-corrected chi connectivity index (χ1v) is 9.04. The largest absolute Gasteiger partial charge is 0.462 e. The number of amidine groups is 1. The third kappa shape index (κ3) is 3.56. The molecule has 1 aromatic heterocycles. The van der Waals surface area contributed by atoms with Gasteiger partial charge in [-0.3, -0.25) is 10.2 Å². The van der Waals surface area contributed by atoms with Gasteiger partial charge in [0.2, 0.25) is 0 Å². The standard InChI is InChI=1S/C20H15Cl2N3O3/c1-2-28-20(27)16-14(10-6-8-11(9-7-10)19(23)24)15-12(18(22)26)4-3-5-13(15)25-17(16)21/h3-9H,2H2,1H3,(H3,23,24). The highest BCUT2D eigenvalue weighted by Crippen LogP contribution is 2.38. The Balaban J connectivity index is 2.44. The second kappa shape index (κ2) is 7.96. The number of fused-ring (bicyclic) bond motifs is 1. The molecule has 0 radical (unpaired) electrons. The van der Waals surface area contributed by atoms with E-state index in [1.54, 1.807) is 49.4 Å². The zero-order valence-electron chi connectivity index (χ0n) is 14.8. The molecule has 0 aliphatic rings. The van der Waals surface area contributed by atoms with Gasteiger partial charge in [0.05, 0.1) is 12.1 Å². The van der Waals surface area contributed by atoms with E-state index in [1.807, 2.05) is 0 Å². The Hall–Kier alpha value is -2.96. The van der Waals surface area contributed by atoms with Crippen LogP contribution in [0.1, 0.15) is 33.2 Å². The Morgan fingerprint density at radius 1 is 1.18 bits per heavy atom. The van der Waals surface area contributed by atoms with E-state index in [2.05, 4.69) is 4.98 Å². The van der Waals surface area contributed by atoms with Crippen LogP contribution in [0.15, 0.2) is 42.5 Å². The second-order valence-corrected chi connectivity index (χ2v) is 6.54. The van der Waals surface area contributed by atoms with Gasteiger partial charge in [-0.2, -0.15) is 0 Å². The number of pyridine rings is 1. The Morgan fingerprint density at radius 3 is 2.43 bits per heavy atom. The number of rotatable bonds is 5. The number of esters is 1. The zero-order valence-corrected chi connectivity index (χ0v) is 16.3. The summed E-state index contributed by atoms with van der Waals surface area (Å²) in [6.45, 7) is 1.82. The van der Waals surface area contributed by atoms with E-state index in [1.165, 1.54) is 0 Å². The summed E-state index contributed by atoms with van der Waals surface area (Å²) in [5.74, 6) is -0.754. The van der Waals surface area contributed by atoms with Crippen molar-refractivity contribution in [3.8, 4) is 11.1 Å². The molecule has 0 unspecified atom stereocenters. The number of hydrogen-bond acceptors (Lipinski definition) is 5. The summed E-state index contributed by atoms with van der Waals surface area (Å²) in [7, 11) is 0. The summed E-state index contributed by atoms with van der Waals surface area (Å²) in [6.07, 6.45) is 0. The molecule has 0 saturated heterocycles. The van der Waals surface area contributed by atoms with Gasteiger partial charge >= 0.3 is 5.97 Å². The van der Waals surface area contributed by atoms with Crippen molar-refractivity contribution in [2.24, 2.45) is 5.73 Å². The Morgan fingerprint density at radius 2 is 1.86 bits per heavy atom. The lowest BCUT2D eigenvalue weighted by Gasteiger charge is -2.16. The highest BCUT2D eigenvalue weighted by Gasteiger charge is 2.25. The van der Waals surface area contributed by atoms with Crippen LogP contribution in [0, 0.1) is 5.41 Å². The van der Waals surface area contributed by atoms with E-state index in [9.17, 15) is 9.59 Å². The lowest BCUT2D eigenvalue weighted by molar-refractivity contribution is 0.0527. The lowest BCUT2D eigenvalue weighted by Crippen LogP contribution is -2.11. The summed E-state index contributed by atoms with van der Waals surface area (Å²) in [4.78, 5) is 28.9. The third-order valence-corrected chi connectivity index (χ3v) is 4.62. The first-order valence-electron chi connectivity index (χ1n) is 8.29. The van der Waals surface area contributed by atoms with Crippen LogP contribution in [0.5, 0.6) is 0 Å². The molecule has 3 rings (SSSR count). The third-order valence-electron chi connectivity index (χ3n) is 4.14. The maximum absolute atomic E-state index is 12.6. The molecule has 0 aliphatic heterocycles. The molecule has 0 spiro atoms. The molecule has 6 nitrogen and oxygen atoms in total. The minimum atomic E-state index is -0.689. The van der Waals surface area contributed by atoms with E-state index < -0.39 is 11.2 Å². The van der Waals surface area contributed by atoms with Gasteiger partial charge in [-0.15, -0.1) is 0 Å². The number of hydrogen-bond donors (Lipinski definition) is 2. The zero-order chi connectivity index (χ0) is 20.4. The van der Waals surface area contributed by atoms with Crippen molar-refractivity contribution in [1.29, 1.82) is 5.41 Å². The van der Waals surface area contributed by atoms with Gasteiger partial charge in [0.15, 0.2) is 0 Å². The summed E-state index contributed by atoms with van der Waals surface area (Å²) in [5.41, 5.74) is 7.63. The highest BCUT2D eigenvalue weighted by atomic mass is 35.5. The molecule has 0 atom stereocenters. The Kier molecular flexibility index (Phi) is 5.63. The molecule has 0 saturated carbocycles. The normalized spacial score (nSPS) is 10.7. The minimum absolute atomic E-state index is 0.0389. The molecule has 3 N–H and O–H groups in total. The summed E-state index contributed by atoms with van der Waals surface area (Å²) >= 11 is 12.1. The summed E-state index contributed by atoms with van der Waals surface area (Å²) < 4.78 is 5.15. The van der Waals surface area contributed by atoms with E-state index in [0.717, 1.165) is 0 Å². The quantitative estimate of drug-likeness (QED) is 0.211. The monoisotopic (exact) mass is 415 g/mol. The fourth-order valence-electron chi connectivity index (χ4n) is 2.94. The van der Waals surface area contributed by atoms with Gasteiger partial charge in [0, 0.05) is 22.1 Å². The fraction of sp³-hybridized carbons (Fsp3) is 0.100. The van der Waals surface area contributed by atoms with Crippen LogP contribution in [0.4, 0.5) is 0 Å². The van der Waals surface area contributed by atoms with Gasteiger partial charge < -0.3 is 10.5 Å². The number of carbonyl (C=O) groups is 2. The Labute approximate surface area is 170 Å². The number of nitrogen functional groups attached to an aromatic ring is 1. The highest BCUT2D eigenvalue weighted by molar-refractivity contribution is 6.68. The molecule has 0 amide bonds.